The minimum Gasteiger partial charge on any atom is -0.483 e. The van der Waals surface area contributed by atoms with Gasteiger partial charge in [-0.1, -0.05) is 12.1 Å². The summed E-state index contributed by atoms with van der Waals surface area (Å²) in [5.41, 5.74) is 7.56. The van der Waals surface area contributed by atoms with Crippen molar-refractivity contribution in [2.45, 2.75) is 83.0 Å². The lowest BCUT2D eigenvalue weighted by molar-refractivity contribution is -0.123. The highest BCUT2D eigenvalue weighted by Gasteiger charge is 2.38. The molecule has 31 nitrogen and oxygen atoms in total. The summed E-state index contributed by atoms with van der Waals surface area (Å²) < 4.78 is 60.2. The molecule has 3 saturated heterocycles. The number of benzene rings is 1. The minimum atomic E-state index is -0.492. The van der Waals surface area contributed by atoms with Crippen LogP contribution in [0.15, 0.2) is 61.1 Å². The Morgan fingerprint density at radius 1 is 0.550 bits per heavy atom. The Morgan fingerprint density at radius 3 is 1.52 bits per heavy atom. The average Bonchev–Trinajstić information content (AvgIpc) is 1.47. The van der Waals surface area contributed by atoms with Crippen LogP contribution in [0.4, 0.5) is 58.1 Å². The molecule has 7 N–H and O–H groups in total. The van der Waals surface area contributed by atoms with Crippen molar-refractivity contribution in [1.29, 1.82) is 10.5 Å². The molecule has 6 atom stereocenters. The number of aryl methyl sites for hydroxylation is 1. The van der Waals surface area contributed by atoms with E-state index in [0.29, 0.717) is 148 Å². The van der Waals surface area contributed by atoms with Gasteiger partial charge in [-0.15, -0.1) is 0 Å². The molecule has 100 heavy (non-hydrogen) atoms. The fourth-order valence-electron chi connectivity index (χ4n) is 13.3. The molecule has 0 radical (unpaired) electrons. The summed E-state index contributed by atoms with van der Waals surface area (Å²) in [4.78, 5) is 109. The van der Waals surface area contributed by atoms with E-state index in [9.17, 15) is 48.1 Å². The zero-order valence-corrected chi connectivity index (χ0v) is 54.1. The van der Waals surface area contributed by atoms with E-state index in [4.69, 9.17) is 38.3 Å². The van der Waals surface area contributed by atoms with Gasteiger partial charge in [0, 0.05) is 5.69 Å². The quantitative estimate of drug-likeness (QED) is 0.0351. The normalized spacial score (nSPS) is 20.8. The second kappa shape index (κ2) is 31.1. The molecule has 0 spiro atoms. The number of cyclic esters (lactones) is 3. The molecule has 9 aliphatic rings. The molecule has 15 rings (SSSR count). The Morgan fingerprint density at radius 2 is 1.00 bits per heavy atom. The Balaban J connectivity index is 0.000000139. The number of halogens is 2. The number of amides is 6. The van der Waals surface area contributed by atoms with Gasteiger partial charge in [-0.25, -0.2) is 48.1 Å². The van der Waals surface area contributed by atoms with Crippen molar-refractivity contribution < 1.29 is 75.9 Å². The number of anilines is 6. The molecule has 0 saturated carbocycles. The van der Waals surface area contributed by atoms with Crippen LogP contribution < -0.4 is 60.8 Å². The van der Waals surface area contributed by atoms with E-state index in [0.717, 1.165) is 60.9 Å². The minimum absolute atomic E-state index is 0.0484. The maximum atomic E-state index is 14.0. The summed E-state index contributed by atoms with van der Waals surface area (Å²) in [5, 5.41) is 43.4. The molecule has 3 aliphatic carbocycles. The molecule has 6 aromatic rings. The summed E-state index contributed by atoms with van der Waals surface area (Å²) in [7, 11) is 0. The first-order valence-electron chi connectivity index (χ1n) is 32.5. The highest BCUT2D eigenvalue weighted by atomic mass is 19.1. The van der Waals surface area contributed by atoms with E-state index in [-0.39, 0.29) is 97.4 Å². The van der Waals surface area contributed by atoms with E-state index in [1.165, 1.54) is 38.2 Å². The number of hydrogen-bond donors (Lipinski definition) is 7. The van der Waals surface area contributed by atoms with Gasteiger partial charge in [0.25, 0.3) is 30.1 Å². The van der Waals surface area contributed by atoms with Gasteiger partial charge in [0.1, 0.15) is 53.3 Å². The number of fused-ring (bicyclic) bond motifs is 6. The maximum absolute atomic E-state index is 14.0. The highest BCUT2D eigenvalue weighted by Crippen LogP contribution is 2.36. The summed E-state index contributed by atoms with van der Waals surface area (Å²) in [6.45, 7) is 6.84. The van der Waals surface area contributed by atoms with Crippen LogP contribution in [-0.2, 0) is 71.9 Å². The Bertz CT molecular complexity index is 4220. The SMILES string of the molecule is Cc1ncc(F)c2c1CC(CNCCC1CN(c3ccc4c(n3)NC(=O)CO4)C(=O)O1)C2.N#Cc1cccc2c1CC(CNCCC1CN(c3cnc4c(n3)NC(=O)CO4)C(=O)O1)C2.N#Cc1ncc(F)c2c1CC(CNCCC1CN(c3ccc4c(n3)NC(=O)CO4)C(=O)O1)C2.O=CO. The fourth-order valence-corrected chi connectivity index (χ4v) is 13.3. The van der Waals surface area contributed by atoms with E-state index < -0.39 is 18.3 Å². The molecule has 6 aliphatic heterocycles. The molecule has 6 unspecified atom stereocenters. The molecular weight excluding hydrogens is 1300 g/mol. The predicted molar refractivity (Wildman–Crippen MR) is 349 cm³/mol. The number of aromatic nitrogens is 6. The highest BCUT2D eigenvalue weighted by molar-refractivity contribution is 5.97. The van der Waals surface area contributed by atoms with Crippen molar-refractivity contribution in [3.63, 3.8) is 0 Å². The average molecular weight is 1370 g/mol. The molecular formula is C67H69F2N17O14. The van der Waals surface area contributed by atoms with Crippen LogP contribution in [-0.4, -0.2) is 175 Å². The lowest BCUT2D eigenvalue weighted by Crippen LogP contribution is -2.30. The lowest BCUT2D eigenvalue weighted by atomic mass is 10.0. The number of pyridine rings is 4. The van der Waals surface area contributed by atoms with Gasteiger partial charge in [0.2, 0.25) is 0 Å². The number of nitrogens with zero attached hydrogens (tertiary/aromatic N) is 11. The predicted octanol–water partition coefficient (Wildman–Crippen LogP) is 4.61. The molecule has 6 amide bonds. The molecule has 3 fully saturated rings. The number of carbonyl (C=O) groups excluding carboxylic acids is 6. The lowest BCUT2D eigenvalue weighted by Gasteiger charge is -2.19. The van der Waals surface area contributed by atoms with Gasteiger partial charge in [0.05, 0.1) is 49.9 Å². The van der Waals surface area contributed by atoms with Crippen molar-refractivity contribution in [2.24, 2.45) is 17.8 Å². The molecule has 520 valence electrons. The van der Waals surface area contributed by atoms with Crippen LogP contribution in [0.25, 0.3) is 0 Å². The number of nitriles is 2. The van der Waals surface area contributed by atoms with E-state index in [2.05, 4.69) is 73.9 Å². The van der Waals surface area contributed by atoms with Crippen LogP contribution >= 0.6 is 0 Å². The van der Waals surface area contributed by atoms with Crippen molar-refractivity contribution >= 4 is 77.4 Å². The Labute approximate surface area is 570 Å². The largest absolute Gasteiger partial charge is 0.483 e. The number of ether oxygens (including phenoxy) is 6. The van der Waals surface area contributed by atoms with Crippen molar-refractivity contribution in [1.82, 2.24) is 45.9 Å². The fraction of sp³-hybridized carbons (Fsp3) is 0.418. The standard InChI is InChI=1S/C22H21FN6O4.C22H24FN5O4.C22H22N6O4.CH2O2/c23-16-9-26-17(7-24)15-6-12(5-14(15)16)8-25-4-3-13-10-29(22(31)33-13)19-2-1-18-21(27-19)28-20(30)11-32-18;1-12-15-6-13(7-16(15)17(23)9-25-12)8-24-5-4-14-10-28(22(30)32-14)19-3-2-18-21(26-19)27-20(29)11-31-18;23-8-15-3-1-2-14-6-13(7-17(14)15)9-24-5-4-16-11-28(22(30)32-16)18-10-25-21-20(26-18)27-19(29)12-31-21;2-1-3/h1-2,9,12-13,25H,3-6,8,10-11H2,(H,27,28,30);2-3,9,13-14,24H,4-8,10-11H2,1H3,(H,26,27,29);1-3,10,13,16,24H,4-7,9,11-12H2,(H,26,27,29);1H,(H,2,3). The first-order chi connectivity index (χ1) is 48.5. The van der Waals surface area contributed by atoms with Crippen LogP contribution in [0.2, 0.25) is 0 Å². The summed E-state index contributed by atoms with van der Waals surface area (Å²) >= 11 is 0. The number of hydrogen-bond acceptors (Lipinski definition) is 24. The summed E-state index contributed by atoms with van der Waals surface area (Å²) in [6, 6.07) is 16.9. The Hall–Kier alpha value is -11.3. The van der Waals surface area contributed by atoms with Crippen molar-refractivity contribution in [2.75, 3.05) is 109 Å². The number of rotatable bonds is 18. The van der Waals surface area contributed by atoms with Crippen LogP contribution in [0.3, 0.4) is 0 Å². The first-order valence-corrected chi connectivity index (χ1v) is 32.5. The molecule has 1 aromatic carbocycles. The third-order valence-corrected chi connectivity index (χ3v) is 18.1. The third kappa shape index (κ3) is 16.0. The molecule has 5 aromatic heterocycles. The second-order valence-electron chi connectivity index (χ2n) is 24.9. The van der Waals surface area contributed by atoms with Crippen LogP contribution in [0.1, 0.15) is 69.6 Å². The van der Waals surface area contributed by atoms with Crippen LogP contribution in [0.5, 0.6) is 17.4 Å². The van der Waals surface area contributed by atoms with Crippen molar-refractivity contribution in [3.05, 3.63) is 123 Å². The van der Waals surface area contributed by atoms with Gasteiger partial charge < -0.3 is 65.4 Å². The van der Waals surface area contributed by atoms with E-state index >= 15 is 0 Å². The zero-order valence-electron chi connectivity index (χ0n) is 54.1. The maximum Gasteiger partial charge on any atom is 0.415 e. The summed E-state index contributed by atoms with van der Waals surface area (Å²) in [6.07, 6.45) is 8.14. The van der Waals surface area contributed by atoms with E-state index in [1.54, 1.807) is 24.3 Å². The van der Waals surface area contributed by atoms with E-state index in [1.807, 2.05) is 25.1 Å². The van der Waals surface area contributed by atoms with Gasteiger partial charge in [0.15, 0.2) is 54.6 Å². The van der Waals surface area contributed by atoms with Gasteiger partial charge in [-0.2, -0.15) is 10.5 Å². The monoisotopic (exact) mass is 1370 g/mol. The molecule has 11 heterocycles. The van der Waals surface area contributed by atoms with Crippen molar-refractivity contribution in [3.8, 4) is 29.5 Å². The van der Waals surface area contributed by atoms with Crippen LogP contribution in [0, 0.1) is 59.0 Å². The van der Waals surface area contributed by atoms with Gasteiger partial charge >= 0.3 is 18.3 Å². The molecule has 33 heteroatoms. The number of carboxylic acid groups (broad SMARTS) is 1. The van der Waals surface area contributed by atoms with Gasteiger partial charge in [-0.05, 0) is 185 Å². The third-order valence-electron chi connectivity index (χ3n) is 18.1. The first kappa shape index (κ1) is 68.6. The van der Waals surface area contributed by atoms with Gasteiger partial charge in [-0.3, -0.25) is 38.9 Å². The smallest absolute Gasteiger partial charge is 0.415 e. The molecule has 0 bridgehead atoms. The second-order valence-corrected chi connectivity index (χ2v) is 24.9. The summed E-state index contributed by atoms with van der Waals surface area (Å²) in [5.74, 6) is 2.57. The number of nitrogens with one attached hydrogen (secondary N) is 6. The topological polar surface area (TPSA) is 402 Å². The number of carbonyl (C=O) groups is 7. The Kier molecular flexibility index (Phi) is 21.3. The zero-order chi connectivity index (χ0) is 70.0.